The van der Waals surface area contributed by atoms with Crippen LogP contribution >= 0.6 is 0 Å². The lowest BCUT2D eigenvalue weighted by atomic mass is 10.5. The fourth-order valence-corrected chi connectivity index (χ4v) is 0.679. The summed E-state index contributed by atoms with van der Waals surface area (Å²) < 4.78 is 9.96. The second kappa shape index (κ2) is 9.44. The number of likely N-dealkylation sites (N-methyl/N-ethyl adjacent to an activating group) is 1. The summed E-state index contributed by atoms with van der Waals surface area (Å²) >= 11 is 0. The first-order chi connectivity index (χ1) is 6.31. The number of amides is 1. The van der Waals surface area contributed by atoms with Gasteiger partial charge in [-0.1, -0.05) is 0 Å². The lowest BCUT2D eigenvalue weighted by Gasteiger charge is -2.04. The Bertz CT molecular complexity index is 131. The lowest BCUT2D eigenvalue weighted by Crippen LogP contribution is -2.33. The molecule has 0 aromatic heterocycles. The molecule has 13 heavy (non-hydrogen) atoms. The summed E-state index contributed by atoms with van der Waals surface area (Å²) in [7, 11) is 3.24. The number of methoxy groups -OCH3 is 1. The highest BCUT2D eigenvalue weighted by Crippen LogP contribution is 1.74. The Morgan fingerprint density at radius 2 is 2.08 bits per heavy atom. The van der Waals surface area contributed by atoms with Gasteiger partial charge in [0.05, 0.1) is 26.4 Å². The van der Waals surface area contributed by atoms with E-state index in [1.54, 1.807) is 14.2 Å². The van der Waals surface area contributed by atoms with E-state index >= 15 is 0 Å². The number of nitrogens with one attached hydrogen (secondary N) is 2. The molecule has 0 bridgehead atoms. The third-order valence-corrected chi connectivity index (χ3v) is 1.42. The van der Waals surface area contributed by atoms with Gasteiger partial charge in [-0.2, -0.15) is 0 Å². The highest BCUT2D eigenvalue weighted by molar-refractivity contribution is 5.77. The fraction of sp³-hybridized carbons (Fsp3) is 0.875. The van der Waals surface area contributed by atoms with Crippen molar-refractivity contribution in [1.29, 1.82) is 0 Å². The van der Waals surface area contributed by atoms with Gasteiger partial charge >= 0.3 is 0 Å². The van der Waals surface area contributed by atoms with E-state index in [2.05, 4.69) is 10.6 Å². The molecule has 0 spiro atoms. The van der Waals surface area contributed by atoms with Gasteiger partial charge in [0.1, 0.15) is 0 Å². The molecule has 0 saturated heterocycles. The summed E-state index contributed by atoms with van der Waals surface area (Å²) in [5.41, 5.74) is 0. The third-order valence-electron chi connectivity index (χ3n) is 1.42. The van der Waals surface area contributed by atoms with Crippen LogP contribution in [0.5, 0.6) is 0 Å². The van der Waals surface area contributed by atoms with E-state index in [9.17, 15) is 4.79 Å². The van der Waals surface area contributed by atoms with Gasteiger partial charge in [-0.15, -0.1) is 0 Å². The van der Waals surface area contributed by atoms with Gasteiger partial charge in [-0.05, 0) is 0 Å². The highest BCUT2D eigenvalue weighted by Gasteiger charge is 1.94. The van der Waals surface area contributed by atoms with E-state index in [4.69, 9.17) is 9.47 Å². The largest absolute Gasteiger partial charge is 0.382 e. The van der Waals surface area contributed by atoms with Gasteiger partial charge in [0.2, 0.25) is 5.91 Å². The average Bonchev–Trinajstić information content (AvgIpc) is 2.16. The minimum atomic E-state index is -0.0168. The van der Waals surface area contributed by atoms with Crippen LogP contribution in [0.15, 0.2) is 0 Å². The minimum Gasteiger partial charge on any atom is -0.382 e. The van der Waals surface area contributed by atoms with E-state index in [-0.39, 0.29) is 5.91 Å². The van der Waals surface area contributed by atoms with Crippen LogP contribution in [0.1, 0.15) is 0 Å². The summed E-state index contributed by atoms with van der Waals surface area (Å²) in [6.07, 6.45) is 0. The smallest absolute Gasteiger partial charge is 0.233 e. The van der Waals surface area contributed by atoms with Crippen LogP contribution in [-0.2, 0) is 14.3 Å². The topological polar surface area (TPSA) is 59.6 Å². The molecule has 78 valence electrons. The van der Waals surface area contributed by atoms with E-state index in [1.165, 1.54) is 0 Å². The van der Waals surface area contributed by atoms with Crippen LogP contribution in [0, 0.1) is 0 Å². The van der Waals surface area contributed by atoms with Gasteiger partial charge in [0.25, 0.3) is 0 Å². The zero-order chi connectivity index (χ0) is 9.94. The van der Waals surface area contributed by atoms with Crippen LogP contribution < -0.4 is 10.6 Å². The fourth-order valence-electron chi connectivity index (χ4n) is 0.679. The summed E-state index contributed by atoms with van der Waals surface area (Å²) in [6.45, 7) is 2.81. The predicted octanol–water partition coefficient (Wildman–Crippen LogP) is -1.01. The number of carbonyl (C=O) groups excluding carboxylic acids is 1. The normalized spacial score (nSPS) is 10.0. The zero-order valence-corrected chi connectivity index (χ0v) is 8.26. The summed E-state index contributed by atoms with van der Waals surface area (Å²) in [5.74, 6) is -0.0168. The maximum atomic E-state index is 10.7. The summed E-state index contributed by atoms with van der Waals surface area (Å²) in [4.78, 5) is 10.7. The van der Waals surface area contributed by atoms with E-state index in [1.807, 2.05) is 0 Å². The molecule has 0 aliphatic carbocycles. The minimum absolute atomic E-state index is 0.0168. The average molecular weight is 190 g/mol. The number of rotatable bonds is 8. The molecule has 0 aromatic rings. The van der Waals surface area contributed by atoms with Gasteiger partial charge in [0, 0.05) is 20.7 Å². The van der Waals surface area contributed by atoms with Crippen molar-refractivity contribution in [3.05, 3.63) is 0 Å². The molecule has 0 saturated carbocycles. The molecule has 0 unspecified atom stereocenters. The Kier molecular flexibility index (Phi) is 8.97. The van der Waals surface area contributed by atoms with Crippen molar-refractivity contribution in [3.63, 3.8) is 0 Å². The Labute approximate surface area is 78.8 Å². The molecule has 0 aliphatic rings. The SMILES string of the molecule is CNC(=O)CNCCOCCOC. The molecule has 2 N–H and O–H groups in total. The molecule has 5 heteroatoms. The number of hydrogen-bond acceptors (Lipinski definition) is 4. The molecular formula is C8H18N2O3. The van der Waals surface area contributed by atoms with Gasteiger partial charge < -0.3 is 20.1 Å². The first-order valence-electron chi connectivity index (χ1n) is 4.29. The number of hydrogen-bond donors (Lipinski definition) is 2. The maximum Gasteiger partial charge on any atom is 0.233 e. The second-order valence-electron chi connectivity index (χ2n) is 2.46. The van der Waals surface area contributed by atoms with Crippen molar-refractivity contribution in [2.75, 3.05) is 47.1 Å². The Morgan fingerprint density at radius 3 is 2.69 bits per heavy atom. The summed E-state index contributed by atoms with van der Waals surface area (Å²) in [6, 6.07) is 0. The molecular weight excluding hydrogens is 172 g/mol. The van der Waals surface area contributed by atoms with Crippen LogP contribution in [-0.4, -0.2) is 53.0 Å². The molecule has 5 nitrogen and oxygen atoms in total. The number of ether oxygens (including phenoxy) is 2. The molecule has 0 radical (unpaired) electrons. The second-order valence-corrected chi connectivity index (χ2v) is 2.46. The molecule has 0 fully saturated rings. The molecule has 0 aliphatic heterocycles. The number of carbonyl (C=O) groups is 1. The maximum absolute atomic E-state index is 10.7. The summed E-state index contributed by atoms with van der Waals surface area (Å²) in [5, 5.41) is 5.45. The van der Waals surface area contributed by atoms with Gasteiger partial charge in [-0.3, -0.25) is 4.79 Å². The lowest BCUT2D eigenvalue weighted by molar-refractivity contribution is -0.119. The molecule has 0 atom stereocenters. The standard InChI is InChI=1S/C8H18N2O3/c1-9-8(11)7-10-3-4-13-6-5-12-2/h10H,3-7H2,1-2H3,(H,9,11). The van der Waals surface area contributed by atoms with Crippen molar-refractivity contribution >= 4 is 5.91 Å². The van der Waals surface area contributed by atoms with E-state index < -0.39 is 0 Å². The first-order valence-corrected chi connectivity index (χ1v) is 4.29. The van der Waals surface area contributed by atoms with Crippen molar-refractivity contribution < 1.29 is 14.3 Å². The first kappa shape index (κ1) is 12.3. The van der Waals surface area contributed by atoms with Crippen molar-refractivity contribution in [1.82, 2.24) is 10.6 Å². The Morgan fingerprint density at radius 1 is 1.31 bits per heavy atom. The third kappa shape index (κ3) is 9.26. The van der Waals surface area contributed by atoms with Crippen LogP contribution in [0.3, 0.4) is 0 Å². The van der Waals surface area contributed by atoms with E-state index in [0.717, 1.165) is 0 Å². The molecule has 0 heterocycles. The molecule has 0 aromatic carbocycles. The van der Waals surface area contributed by atoms with Crippen molar-refractivity contribution in [2.24, 2.45) is 0 Å². The van der Waals surface area contributed by atoms with Crippen LogP contribution in [0.25, 0.3) is 0 Å². The van der Waals surface area contributed by atoms with Crippen molar-refractivity contribution in [3.8, 4) is 0 Å². The zero-order valence-electron chi connectivity index (χ0n) is 8.26. The molecule has 0 rings (SSSR count). The molecule has 1 amide bonds. The van der Waals surface area contributed by atoms with E-state index in [0.29, 0.717) is 32.9 Å². The van der Waals surface area contributed by atoms with Crippen molar-refractivity contribution in [2.45, 2.75) is 0 Å². The monoisotopic (exact) mass is 190 g/mol. The van der Waals surface area contributed by atoms with Gasteiger partial charge in [-0.25, -0.2) is 0 Å². The Balaban J connectivity index is 2.95. The highest BCUT2D eigenvalue weighted by atomic mass is 16.5. The van der Waals surface area contributed by atoms with Crippen LogP contribution in [0.2, 0.25) is 0 Å². The predicted molar refractivity (Wildman–Crippen MR) is 49.6 cm³/mol. The Hall–Kier alpha value is -0.650. The quantitative estimate of drug-likeness (QED) is 0.481. The van der Waals surface area contributed by atoms with Crippen LogP contribution in [0.4, 0.5) is 0 Å². The van der Waals surface area contributed by atoms with Gasteiger partial charge in [0.15, 0.2) is 0 Å².